The topological polar surface area (TPSA) is 0 Å². The second-order valence-corrected chi connectivity index (χ2v) is 3.31. The maximum Gasteiger partial charge on any atom is -0.0219 e. The molecule has 0 rings (SSSR count). The molecule has 0 heteroatoms. The zero-order valence-electron chi connectivity index (χ0n) is 8.72. The van der Waals surface area contributed by atoms with Crippen LogP contribution in [0.25, 0.3) is 0 Å². The zero-order chi connectivity index (χ0) is 9.56. The van der Waals surface area contributed by atoms with Gasteiger partial charge in [-0.15, -0.1) is 0 Å². The van der Waals surface area contributed by atoms with Gasteiger partial charge in [-0.3, -0.25) is 0 Å². The molecule has 0 amide bonds. The predicted molar refractivity (Wildman–Crippen MR) is 57.2 cm³/mol. The van der Waals surface area contributed by atoms with Crippen LogP contribution in [0.15, 0.2) is 36.0 Å². The molecule has 0 aliphatic heterocycles. The van der Waals surface area contributed by atoms with Crippen LogP contribution in [0.3, 0.4) is 0 Å². The Balaban J connectivity index is 4.49. The highest BCUT2D eigenvalue weighted by atomic mass is 14.0. The van der Waals surface area contributed by atoms with Crippen LogP contribution in [0.2, 0.25) is 0 Å². The molecule has 0 unspecified atom stereocenters. The minimum absolute atomic E-state index is 0.587. The van der Waals surface area contributed by atoms with Gasteiger partial charge in [-0.1, -0.05) is 51.2 Å². The van der Waals surface area contributed by atoms with Crippen molar-refractivity contribution in [2.45, 2.75) is 34.1 Å². The van der Waals surface area contributed by atoms with Crippen molar-refractivity contribution in [2.24, 2.45) is 5.92 Å². The number of hydrogen-bond donors (Lipinski definition) is 0. The van der Waals surface area contributed by atoms with Gasteiger partial charge >= 0.3 is 0 Å². The average Bonchev–Trinajstić information content (AvgIpc) is 2.03. The van der Waals surface area contributed by atoms with E-state index in [-0.39, 0.29) is 0 Å². The minimum atomic E-state index is 0.587. The quantitative estimate of drug-likeness (QED) is 0.548. The summed E-state index contributed by atoms with van der Waals surface area (Å²) >= 11 is 0. The molecule has 0 fully saturated rings. The van der Waals surface area contributed by atoms with Gasteiger partial charge in [-0.05, 0) is 24.8 Å². The largest absolute Gasteiger partial charge is 0.0958 e. The second kappa shape index (κ2) is 5.82. The molecule has 0 spiro atoms. The molecule has 68 valence electrons. The maximum atomic E-state index is 3.97. The Morgan fingerprint density at radius 3 is 2.33 bits per heavy atom. The van der Waals surface area contributed by atoms with E-state index in [9.17, 15) is 0 Å². The summed E-state index contributed by atoms with van der Waals surface area (Å²) in [6, 6.07) is 0. The van der Waals surface area contributed by atoms with Gasteiger partial charge in [0.15, 0.2) is 0 Å². The lowest BCUT2D eigenvalue weighted by Crippen LogP contribution is -1.90. The predicted octanol–water partition coefficient (Wildman–Crippen LogP) is 4.11. The first-order valence-corrected chi connectivity index (χ1v) is 4.63. The van der Waals surface area contributed by atoms with E-state index in [1.54, 1.807) is 0 Å². The molecule has 12 heavy (non-hydrogen) atoms. The molecule has 0 aromatic carbocycles. The van der Waals surface area contributed by atoms with Crippen LogP contribution in [0.5, 0.6) is 0 Å². The molecule has 0 aromatic rings. The van der Waals surface area contributed by atoms with Crippen molar-refractivity contribution < 1.29 is 0 Å². The fraction of sp³-hybridized carbons (Fsp3) is 0.500. The fourth-order valence-corrected chi connectivity index (χ4v) is 0.937. The van der Waals surface area contributed by atoms with Gasteiger partial charge in [0.25, 0.3) is 0 Å². The highest BCUT2D eigenvalue weighted by Gasteiger charge is 1.98. The van der Waals surface area contributed by atoms with Crippen LogP contribution in [0.4, 0.5) is 0 Å². The van der Waals surface area contributed by atoms with Crippen LogP contribution >= 0.6 is 0 Å². The van der Waals surface area contributed by atoms with Gasteiger partial charge < -0.3 is 0 Å². The first-order chi connectivity index (χ1) is 5.61. The van der Waals surface area contributed by atoms with E-state index in [0.29, 0.717) is 5.92 Å². The summed E-state index contributed by atoms with van der Waals surface area (Å²) < 4.78 is 0. The Bertz CT molecular complexity index is 192. The number of hydrogen-bond acceptors (Lipinski definition) is 0. The fourth-order valence-electron chi connectivity index (χ4n) is 0.937. The van der Waals surface area contributed by atoms with E-state index in [4.69, 9.17) is 0 Å². The SMILES string of the molecule is C=C(/C=C(\C=C/C)C(C)C)CC. The van der Waals surface area contributed by atoms with E-state index in [1.807, 2.05) is 6.92 Å². The molecule has 0 heterocycles. The molecule has 0 bridgehead atoms. The molecule has 0 aliphatic carbocycles. The second-order valence-electron chi connectivity index (χ2n) is 3.31. The van der Waals surface area contributed by atoms with Crippen LogP contribution in [0.1, 0.15) is 34.1 Å². The molecule has 0 aromatic heterocycles. The van der Waals surface area contributed by atoms with E-state index in [0.717, 1.165) is 6.42 Å². The van der Waals surface area contributed by atoms with Gasteiger partial charge in [0, 0.05) is 0 Å². The Labute approximate surface area is 76.7 Å². The summed E-state index contributed by atoms with van der Waals surface area (Å²) in [5.74, 6) is 0.587. The van der Waals surface area contributed by atoms with Crippen molar-refractivity contribution in [3.63, 3.8) is 0 Å². The summed E-state index contributed by atoms with van der Waals surface area (Å²) in [4.78, 5) is 0. The van der Waals surface area contributed by atoms with Crippen molar-refractivity contribution >= 4 is 0 Å². The Hall–Kier alpha value is -0.780. The standard InChI is InChI=1S/C12H20/c1-6-8-12(10(3)4)9-11(5)7-2/h6,8-10H,5,7H2,1-4H3/b8-6-,12-9+. The van der Waals surface area contributed by atoms with Gasteiger partial charge in [0.1, 0.15) is 0 Å². The Morgan fingerprint density at radius 1 is 1.42 bits per heavy atom. The van der Waals surface area contributed by atoms with E-state index < -0.39 is 0 Å². The average molecular weight is 164 g/mol. The first-order valence-electron chi connectivity index (χ1n) is 4.63. The van der Waals surface area contributed by atoms with Crippen LogP contribution < -0.4 is 0 Å². The summed E-state index contributed by atoms with van der Waals surface area (Å²) in [6.45, 7) is 12.6. The summed E-state index contributed by atoms with van der Waals surface area (Å²) in [7, 11) is 0. The van der Waals surface area contributed by atoms with Crippen molar-refractivity contribution in [1.82, 2.24) is 0 Å². The molecular weight excluding hydrogens is 144 g/mol. The third kappa shape index (κ3) is 4.17. The van der Waals surface area contributed by atoms with Gasteiger partial charge in [-0.2, -0.15) is 0 Å². The Morgan fingerprint density at radius 2 is 2.00 bits per heavy atom. The third-order valence-electron chi connectivity index (χ3n) is 1.85. The summed E-state index contributed by atoms with van der Waals surface area (Å²) in [6.07, 6.45) is 7.46. The minimum Gasteiger partial charge on any atom is -0.0958 e. The number of rotatable bonds is 4. The van der Waals surface area contributed by atoms with E-state index >= 15 is 0 Å². The van der Waals surface area contributed by atoms with Crippen LogP contribution in [-0.2, 0) is 0 Å². The lowest BCUT2D eigenvalue weighted by atomic mass is 10.00. The zero-order valence-corrected chi connectivity index (χ0v) is 8.72. The Kier molecular flexibility index (Phi) is 5.44. The molecule has 0 saturated carbocycles. The first kappa shape index (κ1) is 11.2. The smallest absolute Gasteiger partial charge is 0.0219 e. The monoisotopic (exact) mass is 164 g/mol. The molecule has 0 N–H and O–H groups in total. The molecule has 0 atom stereocenters. The molecule has 0 aliphatic rings. The van der Waals surface area contributed by atoms with Gasteiger partial charge in [-0.25, -0.2) is 0 Å². The molecule has 0 radical (unpaired) electrons. The van der Waals surface area contributed by atoms with Crippen LogP contribution in [0, 0.1) is 5.92 Å². The van der Waals surface area contributed by atoms with Crippen molar-refractivity contribution in [1.29, 1.82) is 0 Å². The maximum absolute atomic E-state index is 3.97. The lowest BCUT2D eigenvalue weighted by molar-refractivity contribution is 0.789. The van der Waals surface area contributed by atoms with E-state index in [2.05, 4.69) is 45.6 Å². The summed E-state index contributed by atoms with van der Waals surface area (Å²) in [5, 5.41) is 0. The van der Waals surface area contributed by atoms with Crippen molar-refractivity contribution in [3.05, 3.63) is 36.0 Å². The van der Waals surface area contributed by atoms with Crippen molar-refractivity contribution in [2.75, 3.05) is 0 Å². The summed E-state index contributed by atoms with van der Waals surface area (Å²) in [5.41, 5.74) is 2.57. The third-order valence-corrected chi connectivity index (χ3v) is 1.85. The molecule has 0 nitrogen and oxygen atoms in total. The van der Waals surface area contributed by atoms with Gasteiger partial charge in [0.05, 0.1) is 0 Å². The highest BCUT2D eigenvalue weighted by molar-refractivity contribution is 5.29. The van der Waals surface area contributed by atoms with Crippen LogP contribution in [-0.4, -0.2) is 0 Å². The van der Waals surface area contributed by atoms with E-state index in [1.165, 1.54) is 11.1 Å². The normalized spacial score (nSPS) is 12.9. The van der Waals surface area contributed by atoms with Gasteiger partial charge in [0.2, 0.25) is 0 Å². The van der Waals surface area contributed by atoms with Crippen molar-refractivity contribution in [3.8, 4) is 0 Å². The number of allylic oxidation sites excluding steroid dienone is 5. The molecular formula is C12H20. The molecule has 0 saturated heterocycles. The highest BCUT2D eigenvalue weighted by Crippen LogP contribution is 2.14. The lowest BCUT2D eigenvalue weighted by Gasteiger charge is -2.06.